The Morgan fingerprint density at radius 1 is 0.900 bits per heavy atom. The highest BCUT2D eigenvalue weighted by Gasteiger charge is 2.40. The third-order valence-electron chi connectivity index (χ3n) is 4.57. The summed E-state index contributed by atoms with van der Waals surface area (Å²) in [7, 11) is 0. The minimum Gasteiger partial charge on any atom is -0.0987 e. The quantitative estimate of drug-likeness (QED) is 0.678. The molecule has 1 atom stereocenters. The van der Waals surface area contributed by atoms with Crippen LogP contribution in [-0.4, -0.2) is 0 Å². The highest BCUT2D eigenvalue weighted by Crippen LogP contribution is 2.50. The third-order valence-corrected chi connectivity index (χ3v) is 4.57. The third kappa shape index (κ3) is 1.76. The van der Waals surface area contributed by atoms with Crippen molar-refractivity contribution in [3.63, 3.8) is 0 Å². The highest BCUT2D eigenvalue weighted by atomic mass is 14.4. The molecule has 0 amide bonds. The predicted octanol–water partition coefficient (Wildman–Crippen LogP) is 5.44. The van der Waals surface area contributed by atoms with E-state index in [1.807, 2.05) is 18.2 Å². The Kier molecular flexibility index (Phi) is 3.67. The van der Waals surface area contributed by atoms with Gasteiger partial charge in [0.05, 0.1) is 0 Å². The summed E-state index contributed by atoms with van der Waals surface area (Å²) in [6.45, 7) is 18.6. The van der Waals surface area contributed by atoms with Gasteiger partial charge in [-0.2, -0.15) is 0 Å². The summed E-state index contributed by atoms with van der Waals surface area (Å²) in [6, 6.07) is 8.54. The molecule has 0 radical (unpaired) electrons. The fourth-order valence-electron chi connectivity index (χ4n) is 3.37. The zero-order valence-electron chi connectivity index (χ0n) is 12.7. The topological polar surface area (TPSA) is 0 Å². The molecule has 0 bridgehead atoms. The lowest BCUT2D eigenvalue weighted by Gasteiger charge is -2.31. The van der Waals surface area contributed by atoms with E-state index < -0.39 is 0 Å². The first-order chi connectivity index (χ1) is 9.52. The number of benzene rings is 1. The Morgan fingerprint density at radius 2 is 1.50 bits per heavy atom. The van der Waals surface area contributed by atoms with Crippen molar-refractivity contribution in [2.45, 2.75) is 26.2 Å². The average Bonchev–Trinajstić information content (AvgIpc) is 2.67. The van der Waals surface area contributed by atoms with Crippen LogP contribution in [0, 0.1) is 6.92 Å². The second-order valence-electron chi connectivity index (χ2n) is 5.42. The lowest BCUT2D eigenvalue weighted by atomic mass is 9.71. The van der Waals surface area contributed by atoms with Gasteiger partial charge in [-0.05, 0) is 48.6 Å². The molecule has 0 nitrogen and oxygen atoms in total. The van der Waals surface area contributed by atoms with E-state index in [2.05, 4.69) is 64.8 Å². The maximum atomic E-state index is 4.03. The van der Waals surface area contributed by atoms with Crippen LogP contribution < -0.4 is 0 Å². The van der Waals surface area contributed by atoms with E-state index in [-0.39, 0.29) is 5.41 Å². The molecule has 0 heteroatoms. The van der Waals surface area contributed by atoms with Gasteiger partial charge in [-0.25, -0.2) is 0 Å². The largest absolute Gasteiger partial charge is 0.0987 e. The molecule has 0 saturated carbocycles. The molecular formula is C20H22. The zero-order valence-corrected chi connectivity index (χ0v) is 12.7. The van der Waals surface area contributed by atoms with Gasteiger partial charge in [-0.3, -0.25) is 0 Å². The van der Waals surface area contributed by atoms with Crippen LogP contribution in [0.1, 0.15) is 25.0 Å². The van der Waals surface area contributed by atoms with Crippen molar-refractivity contribution in [2.24, 2.45) is 0 Å². The molecule has 1 aliphatic carbocycles. The van der Waals surface area contributed by atoms with E-state index in [0.29, 0.717) is 0 Å². The molecule has 0 N–H and O–H groups in total. The van der Waals surface area contributed by atoms with Crippen molar-refractivity contribution < 1.29 is 0 Å². The van der Waals surface area contributed by atoms with Crippen molar-refractivity contribution in [3.8, 4) is 0 Å². The number of rotatable bonds is 4. The number of hydrogen-bond donors (Lipinski definition) is 0. The van der Waals surface area contributed by atoms with E-state index in [4.69, 9.17) is 0 Å². The summed E-state index contributed by atoms with van der Waals surface area (Å²) in [5, 5.41) is 0. The summed E-state index contributed by atoms with van der Waals surface area (Å²) >= 11 is 0. The zero-order chi connectivity index (χ0) is 14.9. The number of aryl methyl sites for hydroxylation is 1. The smallest absolute Gasteiger partial charge is 0.0397 e. The Morgan fingerprint density at radius 3 is 2.00 bits per heavy atom. The molecule has 1 unspecified atom stereocenters. The van der Waals surface area contributed by atoms with E-state index in [1.54, 1.807) is 0 Å². The lowest BCUT2D eigenvalue weighted by Crippen LogP contribution is -2.24. The SMILES string of the molecule is C=CC1=C(C)C(C)(c2ccccc2C)C(C=C)=C1C=C. The molecule has 20 heavy (non-hydrogen) atoms. The molecular weight excluding hydrogens is 240 g/mol. The van der Waals surface area contributed by atoms with Crippen LogP contribution in [0.2, 0.25) is 0 Å². The maximum absolute atomic E-state index is 4.03. The second kappa shape index (κ2) is 5.13. The maximum Gasteiger partial charge on any atom is 0.0397 e. The fraction of sp³-hybridized carbons (Fsp3) is 0.200. The molecule has 0 aliphatic heterocycles. The van der Waals surface area contributed by atoms with Crippen molar-refractivity contribution >= 4 is 0 Å². The molecule has 0 saturated heterocycles. The second-order valence-corrected chi connectivity index (χ2v) is 5.42. The first-order valence-corrected chi connectivity index (χ1v) is 6.92. The molecule has 0 aromatic heterocycles. The summed E-state index contributed by atoms with van der Waals surface area (Å²) in [5.74, 6) is 0. The van der Waals surface area contributed by atoms with Gasteiger partial charge in [0.25, 0.3) is 0 Å². The number of hydrogen-bond acceptors (Lipinski definition) is 0. The molecule has 0 heterocycles. The predicted molar refractivity (Wildman–Crippen MR) is 88.8 cm³/mol. The van der Waals surface area contributed by atoms with Gasteiger partial charge in [0.1, 0.15) is 0 Å². The molecule has 1 aliphatic rings. The first kappa shape index (κ1) is 14.3. The van der Waals surface area contributed by atoms with Gasteiger partial charge in [0.2, 0.25) is 0 Å². The summed E-state index contributed by atoms with van der Waals surface area (Å²) in [6.07, 6.45) is 5.81. The van der Waals surface area contributed by atoms with E-state index >= 15 is 0 Å². The van der Waals surface area contributed by atoms with Gasteiger partial charge in [0.15, 0.2) is 0 Å². The highest BCUT2D eigenvalue weighted by molar-refractivity contribution is 5.69. The Labute approximate surface area is 122 Å². The Hall–Kier alpha value is -2.08. The molecule has 1 aromatic carbocycles. The minimum atomic E-state index is -0.153. The standard InChI is InChI=1S/C20H22/c1-7-16-15(5)20(6,18(9-3)17(16)8-2)19-13-11-10-12-14(19)4/h7-13H,1-3H2,4-6H3. The fourth-order valence-corrected chi connectivity index (χ4v) is 3.37. The summed E-state index contributed by atoms with van der Waals surface area (Å²) in [4.78, 5) is 0. The van der Waals surface area contributed by atoms with Crippen LogP contribution in [0.3, 0.4) is 0 Å². The van der Waals surface area contributed by atoms with Gasteiger partial charge in [-0.15, -0.1) is 0 Å². The summed E-state index contributed by atoms with van der Waals surface area (Å²) in [5.41, 5.74) is 7.32. The van der Waals surface area contributed by atoms with Crippen molar-refractivity contribution in [3.05, 3.63) is 95.6 Å². The first-order valence-electron chi connectivity index (χ1n) is 6.92. The minimum absolute atomic E-state index is 0.153. The van der Waals surface area contributed by atoms with E-state index in [1.165, 1.54) is 27.8 Å². The van der Waals surface area contributed by atoms with E-state index in [0.717, 1.165) is 5.57 Å². The molecule has 0 spiro atoms. The molecule has 0 fully saturated rings. The lowest BCUT2D eigenvalue weighted by molar-refractivity contribution is 0.679. The van der Waals surface area contributed by atoms with Crippen molar-refractivity contribution in [1.82, 2.24) is 0 Å². The molecule has 2 rings (SSSR count). The molecule has 102 valence electrons. The van der Waals surface area contributed by atoms with Gasteiger partial charge in [0, 0.05) is 5.41 Å². The summed E-state index contributed by atoms with van der Waals surface area (Å²) < 4.78 is 0. The normalized spacial score (nSPS) is 22.1. The van der Waals surface area contributed by atoms with Crippen molar-refractivity contribution in [2.75, 3.05) is 0 Å². The van der Waals surface area contributed by atoms with E-state index in [9.17, 15) is 0 Å². The van der Waals surface area contributed by atoms with Gasteiger partial charge in [-0.1, -0.05) is 67.8 Å². The van der Waals surface area contributed by atoms with Crippen LogP contribution in [-0.2, 0) is 5.41 Å². The Bertz CT molecular complexity index is 652. The van der Waals surface area contributed by atoms with Crippen LogP contribution in [0.5, 0.6) is 0 Å². The van der Waals surface area contributed by atoms with Crippen LogP contribution in [0.4, 0.5) is 0 Å². The van der Waals surface area contributed by atoms with Gasteiger partial charge >= 0.3 is 0 Å². The monoisotopic (exact) mass is 262 g/mol. The van der Waals surface area contributed by atoms with Gasteiger partial charge < -0.3 is 0 Å². The van der Waals surface area contributed by atoms with Crippen LogP contribution in [0.15, 0.2) is 84.5 Å². The average molecular weight is 262 g/mol. The van der Waals surface area contributed by atoms with Crippen LogP contribution in [0.25, 0.3) is 0 Å². The Balaban J connectivity index is 2.84. The molecule has 1 aromatic rings. The van der Waals surface area contributed by atoms with Crippen LogP contribution >= 0.6 is 0 Å². The number of allylic oxidation sites excluding steroid dienone is 7. The van der Waals surface area contributed by atoms with Crippen molar-refractivity contribution in [1.29, 1.82) is 0 Å².